The molecule has 2 radical (unpaired) electrons. The van der Waals surface area contributed by atoms with Crippen molar-refractivity contribution in [1.82, 2.24) is 0 Å². The first-order valence-corrected chi connectivity index (χ1v) is 0. The molecule has 4 heavy (non-hydrogen) atoms. The number of rotatable bonds is 0. The molecule has 0 rings (SSSR count). The molecule has 0 aliphatic heterocycles. The van der Waals surface area contributed by atoms with Crippen LogP contribution in [0.4, 0.5) is 0 Å². The van der Waals surface area contributed by atoms with E-state index >= 15 is 0 Å². The molecule has 0 saturated carbocycles. The summed E-state index contributed by atoms with van der Waals surface area (Å²) in [5.41, 5.74) is 0. The SMILES string of the molecule is O.[BaH2].[Cu].[Ir]. The second-order valence-corrected chi connectivity index (χ2v) is 0. The third-order valence-electron chi connectivity index (χ3n) is 0. The fourth-order valence-electron chi connectivity index (χ4n) is 0. The minimum atomic E-state index is 0. The fourth-order valence-corrected chi connectivity index (χ4v) is 0. The van der Waals surface area contributed by atoms with Gasteiger partial charge in [0.05, 0.1) is 0 Å². The normalized spacial score (nSPS) is 0. The Kier molecular flexibility index (Phi) is 129. The summed E-state index contributed by atoms with van der Waals surface area (Å²) in [4.78, 5) is 0. The minimum absolute atomic E-state index is 0. The van der Waals surface area contributed by atoms with Crippen LogP contribution in [0.3, 0.4) is 0 Å². The summed E-state index contributed by atoms with van der Waals surface area (Å²) in [7, 11) is 0. The van der Waals surface area contributed by atoms with E-state index in [1.807, 2.05) is 0 Å². The van der Waals surface area contributed by atoms with Crippen LogP contribution in [0.1, 0.15) is 0 Å². The first-order chi connectivity index (χ1) is 0. The van der Waals surface area contributed by atoms with E-state index in [0.717, 1.165) is 0 Å². The molecule has 0 aliphatic rings. The monoisotopic (exact) mass is 414 g/mol. The van der Waals surface area contributed by atoms with Gasteiger partial charge in [-0.3, -0.25) is 0 Å². The van der Waals surface area contributed by atoms with Crippen LogP contribution >= 0.6 is 0 Å². The summed E-state index contributed by atoms with van der Waals surface area (Å²) in [5.74, 6) is 0. The molecule has 0 amide bonds. The zero-order chi connectivity index (χ0) is 0. The number of hydrogen-bond acceptors (Lipinski definition) is 0. The van der Waals surface area contributed by atoms with Crippen molar-refractivity contribution in [2.24, 2.45) is 0 Å². The summed E-state index contributed by atoms with van der Waals surface area (Å²) in [5, 5.41) is 0. The summed E-state index contributed by atoms with van der Waals surface area (Å²) in [6.45, 7) is 0. The molecule has 32 valence electrons. The van der Waals surface area contributed by atoms with Crippen molar-refractivity contribution in [3.63, 3.8) is 0 Å². The predicted octanol–water partition coefficient (Wildman–Crippen LogP) is -1.75. The molecule has 0 aromatic heterocycles. The first kappa shape index (κ1) is 29.9. The van der Waals surface area contributed by atoms with Crippen molar-refractivity contribution < 1.29 is 42.7 Å². The molecule has 0 fully saturated rings. The quantitative estimate of drug-likeness (QED) is 0.423. The maximum Gasteiger partial charge on any atom is 0 e. The molecule has 0 atom stereocenters. The van der Waals surface area contributed by atoms with Gasteiger partial charge in [0, 0.05) is 37.2 Å². The Morgan fingerprint density at radius 2 is 1.00 bits per heavy atom. The summed E-state index contributed by atoms with van der Waals surface area (Å²) in [6, 6.07) is 0. The Morgan fingerprint density at radius 3 is 1.00 bits per heavy atom. The molecule has 0 aliphatic carbocycles. The van der Waals surface area contributed by atoms with Gasteiger partial charge in [0.25, 0.3) is 0 Å². The predicted molar refractivity (Wildman–Crippen MR) is 12.2 cm³/mol. The molecule has 0 spiro atoms. The molecule has 0 heterocycles. The van der Waals surface area contributed by atoms with E-state index in [4.69, 9.17) is 0 Å². The van der Waals surface area contributed by atoms with Crippen LogP contribution in [-0.4, -0.2) is 54.4 Å². The fraction of sp³-hybridized carbons (Fsp3) is 0. The molecule has 0 bridgehead atoms. The Labute approximate surface area is 89.5 Å². The third kappa shape index (κ3) is 8.83. The standard InChI is InChI=1S/Ba.Cu.Ir.H2O.2H/h;;;1H2;;. The maximum absolute atomic E-state index is 0. The molecule has 0 unspecified atom stereocenters. The van der Waals surface area contributed by atoms with E-state index in [0.29, 0.717) is 0 Å². The van der Waals surface area contributed by atoms with Gasteiger partial charge in [0.1, 0.15) is 0 Å². The third-order valence-corrected chi connectivity index (χ3v) is 0. The van der Waals surface area contributed by atoms with Crippen LogP contribution in [0.15, 0.2) is 0 Å². The van der Waals surface area contributed by atoms with Crippen LogP contribution in [0.5, 0.6) is 0 Å². The van der Waals surface area contributed by atoms with Crippen LogP contribution < -0.4 is 0 Å². The average molecular weight is 413 g/mol. The summed E-state index contributed by atoms with van der Waals surface area (Å²) in [6.07, 6.45) is 0. The Balaban J connectivity index is 0. The molecule has 4 heteroatoms. The largest absolute Gasteiger partial charge is 0 e. The zero-order valence-electron chi connectivity index (χ0n) is 1.13. The molecule has 0 aromatic rings. The molecular formula is H4BaCuIrO. The van der Waals surface area contributed by atoms with E-state index in [2.05, 4.69) is 0 Å². The van der Waals surface area contributed by atoms with Crippen LogP contribution in [0.2, 0.25) is 0 Å². The number of hydrogen-bond donors (Lipinski definition) is 0. The van der Waals surface area contributed by atoms with E-state index in [1.54, 1.807) is 0 Å². The summed E-state index contributed by atoms with van der Waals surface area (Å²) < 4.78 is 0. The van der Waals surface area contributed by atoms with Crippen molar-refractivity contribution in [3.05, 3.63) is 0 Å². The maximum atomic E-state index is 0. The minimum Gasteiger partial charge on any atom is 0 e. The van der Waals surface area contributed by atoms with Crippen molar-refractivity contribution >= 4 is 48.9 Å². The van der Waals surface area contributed by atoms with Crippen molar-refractivity contribution in [2.75, 3.05) is 0 Å². The van der Waals surface area contributed by atoms with Gasteiger partial charge in [0.15, 0.2) is 0 Å². The van der Waals surface area contributed by atoms with Gasteiger partial charge in [0.2, 0.25) is 0 Å². The Hall–Kier alpha value is 2.70. The van der Waals surface area contributed by atoms with Gasteiger partial charge >= 0.3 is 48.9 Å². The van der Waals surface area contributed by atoms with Crippen molar-refractivity contribution in [1.29, 1.82) is 0 Å². The topological polar surface area (TPSA) is 31.5 Å². The van der Waals surface area contributed by atoms with E-state index in [1.165, 1.54) is 0 Å². The van der Waals surface area contributed by atoms with Gasteiger partial charge in [-0.1, -0.05) is 0 Å². The van der Waals surface area contributed by atoms with Crippen LogP contribution in [-0.2, 0) is 37.2 Å². The van der Waals surface area contributed by atoms with E-state index < -0.39 is 0 Å². The Bertz CT molecular complexity index is 8.00. The average Bonchev–Trinajstić information content (AvgIpc) is 0. The van der Waals surface area contributed by atoms with Crippen LogP contribution in [0.25, 0.3) is 0 Å². The second kappa shape index (κ2) is 17.3. The van der Waals surface area contributed by atoms with Crippen molar-refractivity contribution in [3.8, 4) is 0 Å². The molecule has 0 saturated heterocycles. The zero-order valence-corrected chi connectivity index (χ0v) is 4.47. The molecule has 2 N–H and O–H groups in total. The summed E-state index contributed by atoms with van der Waals surface area (Å²) >= 11 is 0. The Morgan fingerprint density at radius 1 is 1.00 bits per heavy atom. The van der Waals surface area contributed by atoms with Crippen LogP contribution in [0, 0.1) is 0 Å². The molecule has 1 nitrogen and oxygen atoms in total. The van der Waals surface area contributed by atoms with Gasteiger partial charge in [-0.05, 0) is 0 Å². The van der Waals surface area contributed by atoms with Gasteiger partial charge in [-0.15, -0.1) is 0 Å². The smallest absolute Gasteiger partial charge is 0 e. The van der Waals surface area contributed by atoms with Gasteiger partial charge < -0.3 is 5.48 Å². The van der Waals surface area contributed by atoms with Gasteiger partial charge in [-0.25, -0.2) is 0 Å². The first-order valence-electron chi connectivity index (χ1n) is 0. The van der Waals surface area contributed by atoms with E-state index in [9.17, 15) is 0 Å². The molecular weight excluding hydrogens is 409 g/mol. The van der Waals surface area contributed by atoms with E-state index in [-0.39, 0.29) is 91.5 Å². The van der Waals surface area contributed by atoms with Gasteiger partial charge in [-0.2, -0.15) is 0 Å². The second-order valence-electron chi connectivity index (χ2n) is 0. The molecule has 0 aromatic carbocycles. The van der Waals surface area contributed by atoms with Crippen molar-refractivity contribution in [2.45, 2.75) is 0 Å².